The number of benzene rings is 1. The van der Waals surface area contributed by atoms with E-state index in [4.69, 9.17) is 4.74 Å². The van der Waals surface area contributed by atoms with Gasteiger partial charge in [0.25, 0.3) is 0 Å². The molecule has 1 N–H and O–H groups in total. The van der Waals surface area contributed by atoms with E-state index in [1.165, 1.54) is 29.3 Å². The largest absolute Gasteiger partial charge is 0.469 e. The number of nitrogens with zero attached hydrogens (tertiary/aromatic N) is 1. The van der Waals surface area contributed by atoms with E-state index in [2.05, 4.69) is 40.7 Å². The van der Waals surface area contributed by atoms with Crippen LogP contribution < -0.4 is 0 Å². The Kier molecular flexibility index (Phi) is 3.72. The van der Waals surface area contributed by atoms with Gasteiger partial charge in [-0.15, -0.1) is 6.58 Å². The predicted molar refractivity (Wildman–Crippen MR) is 94.8 cm³/mol. The van der Waals surface area contributed by atoms with Crippen LogP contribution in [0.1, 0.15) is 36.6 Å². The highest BCUT2D eigenvalue weighted by molar-refractivity contribution is 5.85. The van der Waals surface area contributed by atoms with Crippen molar-refractivity contribution in [1.29, 1.82) is 0 Å². The maximum atomic E-state index is 12.1. The first-order valence-corrected chi connectivity index (χ1v) is 8.72. The first-order valence-electron chi connectivity index (χ1n) is 8.72. The number of esters is 1. The minimum Gasteiger partial charge on any atom is -0.469 e. The maximum absolute atomic E-state index is 12.1. The number of hydrogen-bond donors (Lipinski definition) is 1. The molecule has 4 heteroatoms. The third-order valence-corrected chi connectivity index (χ3v) is 5.87. The number of hydrogen-bond acceptors (Lipinski definition) is 3. The second-order valence-electron chi connectivity index (χ2n) is 7.05. The van der Waals surface area contributed by atoms with Crippen LogP contribution in [-0.4, -0.2) is 36.1 Å². The summed E-state index contributed by atoms with van der Waals surface area (Å²) >= 11 is 0. The number of aromatic amines is 1. The molecule has 4 nitrogen and oxygen atoms in total. The fraction of sp³-hybridized carbons (Fsp3) is 0.450. The topological polar surface area (TPSA) is 45.3 Å². The molecule has 0 unspecified atom stereocenters. The molecule has 1 aromatic carbocycles. The fourth-order valence-corrected chi connectivity index (χ4v) is 4.74. The van der Waals surface area contributed by atoms with Gasteiger partial charge in [-0.25, -0.2) is 0 Å². The third kappa shape index (κ3) is 2.20. The average Bonchev–Trinajstić information content (AvgIpc) is 3.00. The van der Waals surface area contributed by atoms with Crippen molar-refractivity contribution in [1.82, 2.24) is 9.88 Å². The lowest BCUT2D eigenvalue weighted by molar-refractivity contribution is -0.144. The molecule has 2 aromatic rings. The summed E-state index contributed by atoms with van der Waals surface area (Å²) in [6.45, 7) is 6.23. The molecule has 0 radical (unpaired) electrons. The highest BCUT2D eigenvalue weighted by Crippen LogP contribution is 2.52. The Morgan fingerprint density at radius 1 is 1.46 bits per heavy atom. The summed E-state index contributed by atoms with van der Waals surface area (Å²) in [7, 11) is 1.47. The highest BCUT2D eigenvalue weighted by atomic mass is 16.5. The van der Waals surface area contributed by atoms with Gasteiger partial charge in [0.2, 0.25) is 0 Å². The van der Waals surface area contributed by atoms with Crippen molar-refractivity contribution in [2.45, 2.75) is 31.7 Å². The molecule has 3 heterocycles. The Labute approximate surface area is 142 Å². The van der Waals surface area contributed by atoms with Gasteiger partial charge in [-0.1, -0.05) is 24.3 Å². The molecule has 0 spiro atoms. The van der Waals surface area contributed by atoms with Crippen LogP contribution in [0.3, 0.4) is 0 Å². The standard InChI is InChI=1S/C20H24N2O2/c1-3-20(13-17(23)24-2)10-6-11-22-12-9-15-14-7-4-5-8-16(14)21-18(15)19(20)22/h3-5,7-8,19,21H,1,6,9-13H2,2H3/t19-,20-/m0/s1. The van der Waals surface area contributed by atoms with E-state index < -0.39 is 0 Å². The van der Waals surface area contributed by atoms with E-state index in [-0.39, 0.29) is 17.4 Å². The summed E-state index contributed by atoms with van der Waals surface area (Å²) in [5.41, 5.74) is 3.60. The molecule has 2 atom stereocenters. The number of methoxy groups -OCH3 is 1. The van der Waals surface area contributed by atoms with Crippen molar-refractivity contribution < 1.29 is 9.53 Å². The fourth-order valence-electron chi connectivity index (χ4n) is 4.74. The summed E-state index contributed by atoms with van der Waals surface area (Å²) in [5.74, 6) is -0.153. The quantitative estimate of drug-likeness (QED) is 0.693. The van der Waals surface area contributed by atoms with E-state index in [1.54, 1.807) is 0 Å². The summed E-state index contributed by atoms with van der Waals surface area (Å²) in [6, 6.07) is 8.67. The molecule has 0 saturated carbocycles. The third-order valence-electron chi connectivity index (χ3n) is 5.87. The van der Waals surface area contributed by atoms with E-state index >= 15 is 0 Å². The Balaban J connectivity index is 1.86. The Hall–Kier alpha value is -2.07. The lowest BCUT2D eigenvalue weighted by atomic mass is 9.67. The van der Waals surface area contributed by atoms with Crippen LogP contribution in [0.15, 0.2) is 36.9 Å². The zero-order valence-corrected chi connectivity index (χ0v) is 14.2. The molecule has 4 rings (SSSR count). The smallest absolute Gasteiger partial charge is 0.306 e. The number of rotatable bonds is 3. The lowest BCUT2D eigenvalue weighted by Gasteiger charge is -2.50. The van der Waals surface area contributed by atoms with Crippen LogP contribution in [0, 0.1) is 5.41 Å². The van der Waals surface area contributed by atoms with Crippen LogP contribution in [0.2, 0.25) is 0 Å². The SMILES string of the molecule is C=C[C@@]1(CC(=O)OC)CCCN2CCc3c([nH]c4ccccc34)[C@H]21. The van der Waals surface area contributed by atoms with Crippen LogP contribution in [-0.2, 0) is 16.0 Å². The average molecular weight is 324 g/mol. The first-order chi connectivity index (χ1) is 11.7. The van der Waals surface area contributed by atoms with Gasteiger partial charge in [0, 0.05) is 28.6 Å². The van der Waals surface area contributed by atoms with Gasteiger partial charge in [-0.3, -0.25) is 9.69 Å². The van der Waals surface area contributed by atoms with Crippen molar-refractivity contribution >= 4 is 16.9 Å². The van der Waals surface area contributed by atoms with Crippen LogP contribution in [0.5, 0.6) is 0 Å². The molecule has 1 aromatic heterocycles. The highest BCUT2D eigenvalue weighted by Gasteiger charge is 2.48. The minimum atomic E-state index is -0.263. The van der Waals surface area contributed by atoms with E-state index in [1.807, 2.05) is 6.08 Å². The molecular formula is C20H24N2O2. The Bertz CT molecular complexity index is 794. The van der Waals surface area contributed by atoms with E-state index in [0.29, 0.717) is 6.42 Å². The van der Waals surface area contributed by atoms with Gasteiger partial charge < -0.3 is 9.72 Å². The summed E-state index contributed by atoms with van der Waals surface area (Å²) in [5, 5.41) is 1.31. The van der Waals surface area contributed by atoms with Crippen LogP contribution >= 0.6 is 0 Å². The number of H-pyrrole nitrogens is 1. The number of nitrogens with one attached hydrogen (secondary N) is 1. The molecule has 0 bridgehead atoms. The molecule has 24 heavy (non-hydrogen) atoms. The van der Waals surface area contributed by atoms with Gasteiger partial charge in [-0.2, -0.15) is 0 Å². The molecular weight excluding hydrogens is 300 g/mol. The molecule has 2 aliphatic heterocycles. The molecule has 0 amide bonds. The van der Waals surface area contributed by atoms with Crippen LogP contribution in [0.4, 0.5) is 0 Å². The Morgan fingerprint density at radius 2 is 2.29 bits per heavy atom. The Morgan fingerprint density at radius 3 is 3.08 bits per heavy atom. The van der Waals surface area contributed by atoms with Gasteiger partial charge in [0.05, 0.1) is 19.6 Å². The minimum absolute atomic E-state index is 0.153. The molecule has 126 valence electrons. The van der Waals surface area contributed by atoms with Crippen molar-refractivity contribution in [3.05, 3.63) is 48.2 Å². The summed E-state index contributed by atoms with van der Waals surface area (Å²) in [4.78, 5) is 18.3. The summed E-state index contributed by atoms with van der Waals surface area (Å²) in [6.07, 6.45) is 5.52. The van der Waals surface area contributed by atoms with Crippen molar-refractivity contribution in [2.24, 2.45) is 5.41 Å². The summed E-state index contributed by atoms with van der Waals surface area (Å²) < 4.78 is 4.99. The van der Waals surface area contributed by atoms with Gasteiger partial charge in [0.1, 0.15) is 0 Å². The van der Waals surface area contributed by atoms with Gasteiger partial charge >= 0.3 is 5.97 Å². The molecule has 2 aliphatic rings. The number of ether oxygens (including phenoxy) is 1. The normalized spacial score (nSPS) is 26.6. The maximum Gasteiger partial charge on any atom is 0.306 e. The number of aromatic nitrogens is 1. The van der Waals surface area contributed by atoms with Crippen molar-refractivity contribution in [2.75, 3.05) is 20.2 Å². The number of carbonyl (C=O) groups is 1. The second kappa shape index (κ2) is 5.78. The first kappa shape index (κ1) is 15.5. The van der Waals surface area contributed by atoms with Gasteiger partial charge in [0.15, 0.2) is 0 Å². The number of carbonyl (C=O) groups excluding carboxylic acids is 1. The molecule has 1 fully saturated rings. The van der Waals surface area contributed by atoms with Crippen LogP contribution in [0.25, 0.3) is 10.9 Å². The van der Waals surface area contributed by atoms with Crippen molar-refractivity contribution in [3.63, 3.8) is 0 Å². The van der Waals surface area contributed by atoms with E-state index in [0.717, 1.165) is 32.4 Å². The van der Waals surface area contributed by atoms with Crippen molar-refractivity contribution in [3.8, 4) is 0 Å². The monoisotopic (exact) mass is 324 g/mol. The molecule has 0 aliphatic carbocycles. The number of para-hydroxylation sites is 1. The zero-order valence-electron chi connectivity index (χ0n) is 14.2. The second-order valence-corrected chi connectivity index (χ2v) is 7.05. The lowest BCUT2D eigenvalue weighted by Crippen LogP contribution is -2.49. The molecule has 1 saturated heterocycles. The predicted octanol–water partition coefficient (Wildman–Crippen LogP) is 3.60. The zero-order chi connectivity index (χ0) is 16.7. The number of piperidine rings is 1. The number of fused-ring (bicyclic) bond motifs is 5. The van der Waals surface area contributed by atoms with E-state index in [9.17, 15) is 4.79 Å². The van der Waals surface area contributed by atoms with Gasteiger partial charge in [-0.05, 0) is 37.4 Å².